The third kappa shape index (κ3) is 5.62. The molecule has 0 aliphatic rings. The van der Waals surface area contributed by atoms with Crippen LogP contribution in [0.5, 0.6) is 0 Å². The topological polar surface area (TPSA) is 35.5 Å². The fourth-order valence-corrected chi connectivity index (χ4v) is 4.02. The summed E-state index contributed by atoms with van der Waals surface area (Å²) in [4.78, 5) is 11.6. The molecule has 0 radical (unpaired) electrons. The van der Waals surface area contributed by atoms with Gasteiger partial charge in [-0.05, 0) is 43.2 Å². The van der Waals surface area contributed by atoms with E-state index < -0.39 is 22.2 Å². The molecule has 0 spiro atoms. The summed E-state index contributed by atoms with van der Waals surface area (Å²) in [5.74, 6) is 0. The van der Waals surface area contributed by atoms with Crippen molar-refractivity contribution in [3.8, 4) is 0 Å². The minimum atomic E-state index is -2.00. The second kappa shape index (κ2) is 6.26. The van der Waals surface area contributed by atoms with Crippen molar-refractivity contribution in [3.05, 3.63) is 0 Å². The van der Waals surface area contributed by atoms with Crippen LogP contribution in [0.15, 0.2) is 0 Å². The number of hydrogen-bond donors (Lipinski definition) is 0. The van der Waals surface area contributed by atoms with Gasteiger partial charge in [-0.25, -0.2) is 0 Å². The Balaban J connectivity index is 5.05. The molecule has 0 aromatic carbocycles. The van der Waals surface area contributed by atoms with Gasteiger partial charge in [-0.2, -0.15) is 0 Å². The maximum absolute atomic E-state index is 11.6. The Morgan fingerprint density at radius 3 is 1.48 bits per heavy atom. The van der Waals surface area contributed by atoms with Gasteiger partial charge in [-0.15, -0.1) is 0 Å². The van der Waals surface area contributed by atoms with Gasteiger partial charge in [-0.3, -0.25) is 0 Å². The first-order valence-corrected chi connectivity index (χ1v) is 13.6. The summed E-state index contributed by atoms with van der Waals surface area (Å²) < 4.78 is 12.5. The lowest BCUT2D eigenvalue weighted by molar-refractivity contribution is -0.123. The molecule has 21 heavy (non-hydrogen) atoms. The molecular formula is C16H36O3Si2. The zero-order chi connectivity index (χ0) is 17.3. The first kappa shape index (κ1) is 21.0. The molecule has 0 unspecified atom stereocenters. The largest absolute Gasteiger partial charge is 0.413 e. The summed E-state index contributed by atoms with van der Waals surface area (Å²) in [5.41, 5.74) is -0.849. The van der Waals surface area contributed by atoms with Crippen molar-refractivity contribution >= 4 is 22.9 Å². The molecule has 5 heteroatoms. The van der Waals surface area contributed by atoms with E-state index in [4.69, 9.17) is 8.85 Å². The van der Waals surface area contributed by atoms with E-state index in [0.717, 1.165) is 6.29 Å². The Morgan fingerprint density at radius 2 is 1.19 bits per heavy atom. The fraction of sp³-hybridized carbons (Fsp3) is 0.938. The van der Waals surface area contributed by atoms with Crippen molar-refractivity contribution in [1.29, 1.82) is 0 Å². The molecule has 0 amide bonds. The van der Waals surface area contributed by atoms with Crippen LogP contribution in [0.3, 0.4) is 0 Å². The number of rotatable bonds is 6. The van der Waals surface area contributed by atoms with Crippen molar-refractivity contribution in [3.63, 3.8) is 0 Å². The third-order valence-corrected chi connectivity index (χ3v) is 14.1. The smallest absolute Gasteiger partial charge is 0.193 e. The summed E-state index contributed by atoms with van der Waals surface area (Å²) in [6, 6.07) is 0. The van der Waals surface area contributed by atoms with Crippen LogP contribution in [0.1, 0.15) is 48.5 Å². The van der Waals surface area contributed by atoms with Gasteiger partial charge in [0.05, 0.1) is 6.61 Å². The van der Waals surface area contributed by atoms with Crippen LogP contribution in [-0.2, 0) is 13.6 Å². The SMILES string of the molecule is CC(C)(C)[Si](C)(C)OC[C@@](C)(C=O)O[Si](C)(C)C(C)(C)C. The lowest BCUT2D eigenvalue weighted by Crippen LogP contribution is -2.53. The van der Waals surface area contributed by atoms with Crippen molar-refractivity contribution in [1.82, 2.24) is 0 Å². The Morgan fingerprint density at radius 1 is 0.810 bits per heavy atom. The highest BCUT2D eigenvalue weighted by atomic mass is 28.4. The van der Waals surface area contributed by atoms with Gasteiger partial charge in [0, 0.05) is 0 Å². The lowest BCUT2D eigenvalue weighted by Gasteiger charge is -2.44. The van der Waals surface area contributed by atoms with Crippen molar-refractivity contribution in [2.24, 2.45) is 0 Å². The number of carbonyl (C=O) groups excluding carboxylic acids is 1. The number of carbonyl (C=O) groups is 1. The van der Waals surface area contributed by atoms with E-state index in [0.29, 0.717) is 6.61 Å². The van der Waals surface area contributed by atoms with E-state index in [1.54, 1.807) is 0 Å². The Hall–Kier alpha value is 0.0238. The quantitative estimate of drug-likeness (QED) is 0.508. The first-order valence-electron chi connectivity index (χ1n) is 7.78. The van der Waals surface area contributed by atoms with E-state index in [9.17, 15) is 4.79 Å². The molecule has 0 saturated heterocycles. The molecule has 0 bridgehead atoms. The van der Waals surface area contributed by atoms with Gasteiger partial charge >= 0.3 is 0 Å². The molecule has 0 heterocycles. The van der Waals surface area contributed by atoms with Crippen LogP contribution in [-0.4, -0.2) is 35.1 Å². The maximum atomic E-state index is 11.6. The van der Waals surface area contributed by atoms with Crippen LogP contribution in [0.25, 0.3) is 0 Å². The van der Waals surface area contributed by atoms with Gasteiger partial charge in [-0.1, -0.05) is 41.5 Å². The molecular weight excluding hydrogens is 296 g/mol. The van der Waals surface area contributed by atoms with Gasteiger partial charge in [0.25, 0.3) is 0 Å². The van der Waals surface area contributed by atoms with Crippen molar-refractivity contribution in [2.75, 3.05) is 6.61 Å². The van der Waals surface area contributed by atoms with Gasteiger partial charge < -0.3 is 13.6 Å². The molecule has 0 aromatic rings. The third-order valence-electron chi connectivity index (χ3n) is 5.07. The molecule has 3 nitrogen and oxygen atoms in total. The second-order valence-corrected chi connectivity index (χ2v) is 18.9. The van der Waals surface area contributed by atoms with Crippen LogP contribution in [0.4, 0.5) is 0 Å². The highest BCUT2D eigenvalue weighted by molar-refractivity contribution is 6.74. The Bertz CT molecular complexity index is 365. The Labute approximate surface area is 134 Å². The summed E-state index contributed by atoms with van der Waals surface area (Å²) in [7, 11) is -3.88. The van der Waals surface area contributed by atoms with Crippen LogP contribution in [0.2, 0.25) is 36.3 Å². The molecule has 0 aliphatic heterocycles. The normalized spacial score (nSPS) is 17.5. The molecule has 1 atom stereocenters. The van der Waals surface area contributed by atoms with Crippen molar-refractivity contribution < 1.29 is 13.6 Å². The predicted molar refractivity (Wildman–Crippen MR) is 95.9 cm³/mol. The first-order chi connectivity index (χ1) is 8.97. The van der Waals surface area contributed by atoms with E-state index >= 15 is 0 Å². The average molecular weight is 333 g/mol. The molecule has 0 saturated carbocycles. The molecule has 0 aliphatic carbocycles. The summed E-state index contributed by atoms with van der Waals surface area (Å²) in [5, 5.41) is 0.210. The lowest BCUT2D eigenvalue weighted by atomic mass is 10.1. The minimum absolute atomic E-state index is 0.0776. The van der Waals surface area contributed by atoms with Crippen molar-refractivity contribution in [2.45, 2.75) is 90.3 Å². The van der Waals surface area contributed by atoms with Crippen LogP contribution in [0, 0.1) is 0 Å². The molecule has 0 fully saturated rings. The van der Waals surface area contributed by atoms with Gasteiger partial charge in [0.2, 0.25) is 0 Å². The summed E-state index contributed by atoms with van der Waals surface area (Å²) in [6.45, 7) is 24.1. The van der Waals surface area contributed by atoms with Gasteiger partial charge in [0.15, 0.2) is 22.9 Å². The zero-order valence-corrected chi connectivity index (χ0v) is 18.0. The van der Waals surface area contributed by atoms with E-state index in [1.807, 2.05) is 6.92 Å². The highest BCUT2D eigenvalue weighted by Gasteiger charge is 2.45. The highest BCUT2D eigenvalue weighted by Crippen LogP contribution is 2.40. The van der Waals surface area contributed by atoms with E-state index in [2.05, 4.69) is 67.7 Å². The Kier molecular flexibility index (Phi) is 6.27. The number of aldehydes is 1. The molecule has 0 aromatic heterocycles. The molecule has 0 rings (SSSR count). The number of hydrogen-bond acceptors (Lipinski definition) is 3. The van der Waals surface area contributed by atoms with Gasteiger partial charge in [0.1, 0.15) is 5.60 Å². The zero-order valence-electron chi connectivity index (χ0n) is 16.0. The molecule has 0 N–H and O–H groups in total. The minimum Gasteiger partial charge on any atom is -0.413 e. The van der Waals surface area contributed by atoms with E-state index in [1.165, 1.54) is 0 Å². The maximum Gasteiger partial charge on any atom is 0.193 e. The predicted octanol–water partition coefficient (Wildman–Crippen LogP) is 4.99. The average Bonchev–Trinajstić information content (AvgIpc) is 2.23. The molecule has 126 valence electrons. The fourth-order valence-electron chi connectivity index (χ4n) is 1.36. The second-order valence-electron chi connectivity index (χ2n) is 9.34. The summed E-state index contributed by atoms with van der Waals surface area (Å²) in [6.07, 6.45) is 0.917. The van der Waals surface area contributed by atoms with Crippen LogP contribution < -0.4 is 0 Å². The summed E-state index contributed by atoms with van der Waals surface area (Å²) >= 11 is 0. The van der Waals surface area contributed by atoms with Crippen LogP contribution >= 0.6 is 0 Å². The standard InChI is InChI=1S/C16H36O3Si2/c1-14(2,3)20(8,9)18-13-16(7,12-17)19-21(10,11)15(4,5)6/h12H,13H2,1-11H3/t16-/m1/s1. The van der Waals surface area contributed by atoms with E-state index in [-0.39, 0.29) is 10.1 Å². The monoisotopic (exact) mass is 332 g/mol.